The van der Waals surface area contributed by atoms with Crippen LogP contribution in [0.3, 0.4) is 0 Å². The molecule has 1 fully saturated rings. The minimum Gasteiger partial charge on any atom is -0.439 e. The number of primary amides is 1. The van der Waals surface area contributed by atoms with Crippen LogP contribution < -0.4 is 15.8 Å². The van der Waals surface area contributed by atoms with E-state index in [1.54, 1.807) is 12.1 Å². The molecular formula is C20H26N4O2. The third-order valence-corrected chi connectivity index (χ3v) is 4.82. The van der Waals surface area contributed by atoms with E-state index in [-0.39, 0.29) is 0 Å². The molecule has 1 saturated heterocycles. The van der Waals surface area contributed by atoms with Crippen LogP contribution in [-0.2, 0) is 6.54 Å². The Bertz CT molecular complexity index is 716. The number of hydrogen-bond donors (Lipinski definition) is 2. The molecular weight excluding hydrogens is 328 g/mol. The van der Waals surface area contributed by atoms with Crippen molar-refractivity contribution in [3.05, 3.63) is 53.7 Å². The molecule has 6 nitrogen and oxygen atoms in total. The first-order valence-corrected chi connectivity index (χ1v) is 9.05. The average molecular weight is 354 g/mol. The Morgan fingerprint density at radius 1 is 1.31 bits per heavy atom. The molecule has 138 valence electrons. The molecule has 2 aromatic rings. The van der Waals surface area contributed by atoms with Gasteiger partial charge in [-0.05, 0) is 63.2 Å². The minimum absolute atomic E-state index is 0.363. The van der Waals surface area contributed by atoms with Crippen LogP contribution in [0.4, 0.5) is 0 Å². The average Bonchev–Trinajstić information content (AvgIpc) is 3.05. The van der Waals surface area contributed by atoms with Gasteiger partial charge in [-0.3, -0.25) is 4.79 Å². The first-order chi connectivity index (χ1) is 12.6. The van der Waals surface area contributed by atoms with E-state index in [4.69, 9.17) is 10.5 Å². The van der Waals surface area contributed by atoms with Crippen molar-refractivity contribution in [2.45, 2.75) is 31.8 Å². The molecule has 0 saturated carbocycles. The summed E-state index contributed by atoms with van der Waals surface area (Å²) in [6.45, 7) is 3.11. The van der Waals surface area contributed by atoms with E-state index in [0.717, 1.165) is 19.1 Å². The normalized spacial score (nSPS) is 17.3. The van der Waals surface area contributed by atoms with Gasteiger partial charge in [0.25, 0.3) is 0 Å². The summed E-state index contributed by atoms with van der Waals surface area (Å²) in [5, 5.41) is 3.51. The van der Waals surface area contributed by atoms with Gasteiger partial charge in [-0.15, -0.1) is 0 Å². The number of hydrogen-bond acceptors (Lipinski definition) is 5. The second-order valence-corrected chi connectivity index (χ2v) is 6.74. The van der Waals surface area contributed by atoms with E-state index in [1.807, 2.05) is 24.3 Å². The highest BCUT2D eigenvalue weighted by Gasteiger charge is 2.19. The number of rotatable bonds is 8. The van der Waals surface area contributed by atoms with E-state index >= 15 is 0 Å². The monoisotopic (exact) mass is 354 g/mol. The van der Waals surface area contributed by atoms with E-state index in [1.165, 1.54) is 37.6 Å². The summed E-state index contributed by atoms with van der Waals surface area (Å²) in [6.07, 6.45) is 5.25. The number of ether oxygens (including phenoxy) is 1. The minimum atomic E-state index is -0.500. The van der Waals surface area contributed by atoms with Crippen molar-refractivity contribution in [1.82, 2.24) is 15.2 Å². The molecule has 1 atom stereocenters. The van der Waals surface area contributed by atoms with E-state index < -0.39 is 5.91 Å². The number of amides is 1. The van der Waals surface area contributed by atoms with Crippen LogP contribution in [0, 0.1) is 0 Å². The van der Waals surface area contributed by atoms with Gasteiger partial charge >= 0.3 is 0 Å². The molecule has 3 N–H and O–H groups in total. The lowest BCUT2D eigenvalue weighted by molar-refractivity contribution is 0.1000. The number of nitrogens with two attached hydrogens (primary N) is 1. The standard InChI is InChI=1S/C20H26N4O2/c1-24-12-2-3-17(24)10-11-22-13-15-4-7-18(8-5-15)26-19-9-6-16(14-23-19)20(21)25/h4-9,14,17,22H,2-3,10-13H2,1H3,(H2,21,25). The number of carbonyl (C=O) groups excluding carboxylic acids is 1. The Morgan fingerprint density at radius 3 is 2.73 bits per heavy atom. The van der Waals surface area contributed by atoms with E-state index in [2.05, 4.69) is 22.2 Å². The molecule has 6 heteroatoms. The summed E-state index contributed by atoms with van der Waals surface area (Å²) in [5.41, 5.74) is 6.78. The van der Waals surface area contributed by atoms with Crippen molar-refractivity contribution in [3.63, 3.8) is 0 Å². The van der Waals surface area contributed by atoms with Gasteiger partial charge in [0.05, 0.1) is 5.56 Å². The van der Waals surface area contributed by atoms with Crippen LogP contribution in [0.25, 0.3) is 0 Å². The van der Waals surface area contributed by atoms with Gasteiger partial charge in [-0.25, -0.2) is 4.98 Å². The quantitative estimate of drug-likeness (QED) is 0.712. The largest absolute Gasteiger partial charge is 0.439 e. The van der Waals surface area contributed by atoms with Crippen LogP contribution >= 0.6 is 0 Å². The van der Waals surface area contributed by atoms with Gasteiger partial charge in [-0.2, -0.15) is 0 Å². The molecule has 0 radical (unpaired) electrons. The van der Waals surface area contributed by atoms with Crippen LogP contribution in [0.1, 0.15) is 35.2 Å². The van der Waals surface area contributed by atoms with Crippen molar-refractivity contribution in [3.8, 4) is 11.6 Å². The molecule has 1 aromatic heterocycles. The Balaban J connectivity index is 1.43. The number of benzene rings is 1. The van der Waals surface area contributed by atoms with Crippen molar-refractivity contribution < 1.29 is 9.53 Å². The fraction of sp³-hybridized carbons (Fsp3) is 0.400. The molecule has 1 amide bonds. The number of carbonyl (C=O) groups is 1. The molecule has 26 heavy (non-hydrogen) atoms. The zero-order valence-corrected chi connectivity index (χ0v) is 15.1. The van der Waals surface area contributed by atoms with Crippen LogP contribution in [0.15, 0.2) is 42.6 Å². The van der Waals surface area contributed by atoms with Crippen molar-refractivity contribution in [2.75, 3.05) is 20.1 Å². The zero-order valence-electron chi connectivity index (χ0n) is 15.1. The Hall–Kier alpha value is -2.44. The number of nitrogens with one attached hydrogen (secondary N) is 1. The van der Waals surface area contributed by atoms with Crippen LogP contribution in [-0.4, -0.2) is 42.0 Å². The highest BCUT2D eigenvalue weighted by Crippen LogP contribution is 2.20. The first kappa shape index (κ1) is 18.4. The lowest BCUT2D eigenvalue weighted by atomic mass is 10.1. The molecule has 2 heterocycles. The predicted molar refractivity (Wildman–Crippen MR) is 101 cm³/mol. The zero-order chi connectivity index (χ0) is 18.4. The van der Waals surface area contributed by atoms with Crippen molar-refractivity contribution in [1.29, 1.82) is 0 Å². The summed E-state index contributed by atoms with van der Waals surface area (Å²) in [6, 6.07) is 11.9. The smallest absolute Gasteiger partial charge is 0.250 e. The van der Waals surface area contributed by atoms with Crippen LogP contribution in [0.5, 0.6) is 11.6 Å². The summed E-state index contributed by atoms with van der Waals surface area (Å²) in [7, 11) is 2.21. The first-order valence-electron chi connectivity index (χ1n) is 9.05. The van der Waals surface area contributed by atoms with Crippen molar-refractivity contribution in [2.24, 2.45) is 5.73 Å². The molecule has 0 bridgehead atoms. The predicted octanol–water partition coefficient (Wildman–Crippen LogP) is 2.55. The van der Waals surface area contributed by atoms with Gasteiger partial charge in [0.2, 0.25) is 11.8 Å². The topological polar surface area (TPSA) is 80.5 Å². The van der Waals surface area contributed by atoms with Gasteiger partial charge in [0, 0.05) is 24.8 Å². The lowest BCUT2D eigenvalue weighted by Crippen LogP contribution is -2.28. The lowest BCUT2D eigenvalue weighted by Gasteiger charge is -2.19. The van der Waals surface area contributed by atoms with Gasteiger partial charge < -0.3 is 20.7 Å². The Morgan fingerprint density at radius 2 is 2.12 bits per heavy atom. The molecule has 1 aliphatic heterocycles. The van der Waals surface area contributed by atoms with E-state index in [0.29, 0.717) is 17.2 Å². The van der Waals surface area contributed by atoms with Crippen molar-refractivity contribution >= 4 is 5.91 Å². The maximum absolute atomic E-state index is 11.0. The molecule has 1 aliphatic rings. The van der Waals surface area contributed by atoms with Gasteiger partial charge in [-0.1, -0.05) is 12.1 Å². The maximum Gasteiger partial charge on any atom is 0.250 e. The summed E-state index contributed by atoms with van der Waals surface area (Å²) in [4.78, 5) is 17.6. The molecule has 0 aliphatic carbocycles. The number of nitrogens with zero attached hydrogens (tertiary/aromatic N) is 2. The highest BCUT2D eigenvalue weighted by atomic mass is 16.5. The van der Waals surface area contributed by atoms with Gasteiger partial charge in [0.15, 0.2) is 0 Å². The molecule has 3 rings (SSSR count). The third-order valence-electron chi connectivity index (χ3n) is 4.82. The third kappa shape index (κ3) is 5.03. The van der Waals surface area contributed by atoms with E-state index in [9.17, 15) is 4.79 Å². The second-order valence-electron chi connectivity index (χ2n) is 6.74. The number of aromatic nitrogens is 1. The maximum atomic E-state index is 11.0. The molecule has 0 spiro atoms. The van der Waals surface area contributed by atoms with Gasteiger partial charge in [0.1, 0.15) is 5.75 Å². The SMILES string of the molecule is CN1CCCC1CCNCc1ccc(Oc2ccc(C(N)=O)cn2)cc1. The summed E-state index contributed by atoms with van der Waals surface area (Å²) in [5.74, 6) is 0.641. The number of likely N-dealkylation sites (tertiary alicyclic amines) is 1. The number of pyridine rings is 1. The molecule has 1 unspecified atom stereocenters. The fourth-order valence-electron chi connectivity index (χ4n) is 3.23. The highest BCUT2D eigenvalue weighted by molar-refractivity contribution is 5.92. The Labute approximate surface area is 154 Å². The molecule has 1 aromatic carbocycles. The second kappa shape index (κ2) is 8.78. The fourth-order valence-corrected chi connectivity index (χ4v) is 3.23. The summed E-state index contributed by atoms with van der Waals surface area (Å²) < 4.78 is 5.68. The Kier molecular flexibility index (Phi) is 6.20. The summed E-state index contributed by atoms with van der Waals surface area (Å²) >= 11 is 0. The van der Waals surface area contributed by atoms with Crippen LogP contribution in [0.2, 0.25) is 0 Å².